The van der Waals surface area contributed by atoms with Gasteiger partial charge in [-0.05, 0) is 25.8 Å². The number of hydrogen-bond acceptors (Lipinski definition) is 6. The zero-order valence-corrected chi connectivity index (χ0v) is 14.6. The molecule has 1 rings (SSSR count). The molecule has 124 valence electrons. The molecule has 0 spiro atoms. The average molecular weight is 335 g/mol. The third-order valence-corrected chi connectivity index (χ3v) is 3.83. The number of nitriles is 1. The van der Waals surface area contributed by atoms with E-state index in [1.54, 1.807) is 13.8 Å². The zero-order chi connectivity index (χ0) is 17.4. The summed E-state index contributed by atoms with van der Waals surface area (Å²) < 4.78 is 4.94. The highest BCUT2D eigenvalue weighted by Crippen LogP contribution is 2.23. The van der Waals surface area contributed by atoms with Gasteiger partial charge < -0.3 is 10.1 Å². The van der Waals surface area contributed by atoms with Gasteiger partial charge in [0.15, 0.2) is 0 Å². The molecule has 0 radical (unpaired) electrons. The molecule has 7 heteroatoms. The predicted octanol–water partition coefficient (Wildman–Crippen LogP) is 2.30. The van der Waals surface area contributed by atoms with Crippen LogP contribution >= 0.6 is 11.8 Å². The highest BCUT2D eigenvalue weighted by molar-refractivity contribution is 8.00. The van der Waals surface area contributed by atoms with Crippen molar-refractivity contribution >= 4 is 23.6 Å². The molecule has 0 aliphatic heterocycles. The number of aryl methyl sites for hydroxylation is 1. The minimum absolute atomic E-state index is 0.110. The van der Waals surface area contributed by atoms with E-state index < -0.39 is 5.97 Å². The third-order valence-electron chi connectivity index (χ3n) is 2.84. The lowest BCUT2D eigenvalue weighted by molar-refractivity contribution is -0.118. The first-order chi connectivity index (χ1) is 10.9. The third kappa shape index (κ3) is 5.91. The summed E-state index contributed by atoms with van der Waals surface area (Å²) in [6, 6.07) is 3.48. The van der Waals surface area contributed by atoms with Crippen LogP contribution < -0.4 is 5.32 Å². The van der Waals surface area contributed by atoms with E-state index in [-0.39, 0.29) is 29.4 Å². The Labute approximate surface area is 140 Å². The fourth-order valence-electron chi connectivity index (χ4n) is 1.69. The molecule has 1 aromatic heterocycles. The largest absolute Gasteiger partial charge is 0.462 e. The number of nitrogens with one attached hydrogen (secondary N) is 1. The lowest BCUT2D eigenvalue weighted by atomic mass is 10.1. The van der Waals surface area contributed by atoms with E-state index in [9.17, 15) is 14.9 Å². The Morgan fingerprint density at radius 2 is 2.17 bits per heavy atom. The van der Waals surface area contributed by atoms with Gasteiger partial charge in [-0.1, -0.05) is 25.6 Å². The molecule has 0 saturated carbocycles. The van der Waals surface area contributed by atoms with Crippen molar-refractivity contribution < 1.29 is 14.3 Å². The molecule has 0 saturated heterocycles. The number of nitrogens with zero attached hydrogens (tertiary/aromatic N) is 2. The Balaban J connectivity index is 2.84. The van der Waals surface area contributed by atoms with Crippen molar-refractivity contribution in [3.05, 3.63) is 22.9 Å². The maximum absolute atomic E-state index is 11.8. The van der Waals surface area contributed by atoms with Crippen LogP contribution in [0.15, 0.2) is 11.1 Å². The van der Waals surface area contributed by atoms with Crippen molar-refractivity contribution in [2.24, 2.45) is 5.92 Å². The average Bonchev–Trinajstić information content (AvgIpc) is 2.51. The van der Waals surface area contributed by atoms with Crippen molar-refractivity contribution in [2.75, 3.05) is 18.9 Å². The van der Waals surface area contributed by atoms with Gasteiger partial charge in [0.25, 0.3) is 0 Å². The summed E-state index contributed by atoms with van der Waals surface area (Å²) in [4.78, 5) is 27.8. The van der Waals surface area contributed by atoms with Gasteiger partial charge >= 0.3 is 5.97 Å². The normalized spacial score (nSPS) is 10.3. The topological polar surface area (TPSA) is 92.1 Å². The maximum Gasteiger partial charge on any atom is 0.340 e. The summed E-state index contributed by atoms with van der Waals surface area (Å²) in [6.07, 6.45) is 0. The highest BCUT2D eigenvalue weighted by atomic mass is 32.2. The van der Waals surface area contributed by atoms with Crippen molar-refractivity contribution in [1.29, 1.82) is 5.26 Å². The van der Waals surface area contributed by atoms with Crippen molar-refractivity contribution in [2.45, 2.75) is 32.7 Å². The van der Waals surface area contributed by atoms with E-state index >= 15 is 0 Å². The van der Waals surface area contributed by atoms with Crippen LogP contribution in [0.1, 0.15) is 42.4 Å². The summed E-state index contributed by atoms with van der Waals surface area (Å²) in [6.45, 7) is 8.29. The van der Waals surface area contributed by atoms with E-state index in [4.69, 9.17) is 4.74 Å². The molecule has 0 aromatic carbocycles. The van der Waals surface area contributed by atoms with Crippen LogP contribution in [-0.2, 0) is 9.53 Å². The van der Waals surface area contributed by atoms with E-state index in [0.717, 1.165) is 0 Å². The van der Waals surface area contributed by atoms with Crippen molar-refractivity contribution in [3.8, 4) is 6.07 Å². The van der Waals surface area contributed by atoms with E-state index in [1.807, 2.05) is 19.9 Å². The van der Waals surface area contributed by atoms with Gasteiger partial charge in [-0.2, -0.15) is 5.26 Å². The lowest BCUT2D eigenvalue weighted by Gasteiger charge is -2.10. The van der Waals surface area contributed by atoms with Crippen LogP contribution in [0.4, 0.5) is 0 Å². The van der Waals surface area contributed by atoms with Crippen LogP contribution in [0.2, 0.25) is 0 Å². The van der Waals surface area contributed by atoms with Crippen LogP contribution in [0.3, 0.4) is 0 Å². The Hall–Kier alpha value is -2.07. The molecule has 0 aliphatic carbocycles. The number of thioether (sulfide) groups is 1. The number of aromatic nitrogens is 1. The predicted molar refractivity (Wildman–Crippen MR) is 88.2 cm³/mol. The van der Waals surface area contributed by atoms with Gasteiger partial charge in [0, 0.05) is 6.54 Å². The van der Waals surface area contributed by atoms with Gasteiger partial charge in [-0.3, -0.25) is 4.79 Å². The molecule has 0 unspecified atom stereocenters. The van der Waals surface area contributed by atoms with E-state index in [0.29, 0.717) is 23.2 Å². The molecule has 23 heavy (non-hydrogen) atoms. The number of rotatable bonds is 7. The molecule has 0 bridgehead atoms. The van der Waals surface area contributed by atoms with Crippen LogP contribution in [0.25, 0.3) is 0 Å². The van der Waals surface area contributed by atoms with Gasteiger partial charge in [0.05, 0.1) is 29.2 Å². The number of carbonyl (C=O) groups excluding carboxylic acids is 2. The molecule has 1 aromatic rings. The second-order valence-electron chi connectivity index (χ2n) is 5.29. The van der Waals surface area contributed by atoms with Gasteiger partial charge in [0.2, 0.25) is 5.91 Å². The van der Waals surface area contributed by atoms with Crippen LogP contribution in [0, 0.1) is 24.2 Å². The second kappa shape index (κ2) is 9.16. The molecular weight excluding hydrogens is 314 g/mol. The summed E-state index contributed by atoms with van der Waals surface area (Å²) in [5.74, 6) is -0.0587. The monoisotopic (exact) mass is 335 g/mol. The maximum atomic E-state index is 11.8. The first-order valence-electron chi connectivity index (χ1n) is 7.37. The standard InChI is InChI=1S/C16H21N3O3S/c1-5-22-16(21)13-6-12(7-17)15(19-11(13)4)23-9-14(20)18-8-10(2)3/h6,10H,5,8-9H2,1-4H3,(H,18,20). The molecule has 1 amide bonds. The first-order valence-corrected chi connectivity index (χ1v) is 8.35. The SMILES string of the molecule is CCOC(=O)c1cc(C#N)c(SCC(=O)NCC(C)C)nc1C. The summed E-state index contributed by atoms with van der Waals surface area (Å²) >= 11 is 1.18. The van der Waals surface area contributed by atoms with Crippen molar-refractivity contribution in [1.82, 2.24) is 10.3 Å². The quantitative estimate of drug-likeness (QED) is 0.607. The number of hydrogen-bond donors (Lipinski definition) is 1. The Morgan fingerprint density at radius 1 is 1.48 bits per heavy atom. The molecule has 6 nitrogen and oxygen atoms in total. The van der Waals surface area contributed by atoms with E-state index in [1.165, 1.54) is 17.8 Å². The Bertz CT molecular complexity index is 624. The molecule has 0 aliphatic rings. The lowest BCUT2D eigenvalue weighted by Crippen LogP contribution is -2.28. The smallest absolute Gasteiger partial charge is 0.340 e. The van der Waals surface area contributed by atoms with Crippen LogP contribution in [-0.4, -0.2) is 35.8 Å². The Kier molecular flexibility index (Phi) is 7.55. The minimum Gasteiger partial charge on any atom is -0.462 e. The second-order valence-corrected chi connectivity index (χ2v) is 6.26. The fourth-order valence-corrected chi connectivity index (χ4v) is 2.52. The molecule has 1 N–H and O–H groups in total. The number of carbonyl (C=O) groups is 2. The van der Waals surface area contributed by atoms with Crippen LogP contribution in [0.5, 0.6) is 0 Å². The highest BCUT2D eigenvalue weighted by Gasteiger charge is 2.17. The molecule has 0 atom stereocenters. The number of pyridine rings is 1. The zero-order valence-electron chi connectivity index (χ0n) is 13.8. The Morgan fingerprint density at radius 3 is 2.74 bits per heavy atom. The summed E-state index contributed by atoms with van der Waals surface area (Å²) in [5.41, 5.74) is 1.02. The minimum atomic E-state index is -0.500. The summed E-state index contributed by atoms with van der Waals surface area (Å²) in [7, 11) is 0. The summed E-state index contributed by atoms with van der Waals surface area (Å²) in [5, 5.41) is 12.5. The molecular formula is C16H21N3O3S. The first kappa shape index (κ1) is 19.0. The molecule has 0 fully saturated rings. The van der Waals surface area contributed by atoms with Crippen molar-refractivity contribution in [3.63, 3.8) is 0 Å². The van der Waals surface area contributed by atoms with Gasteiger partial charge in [-0.25, -0.2) is 9.78 Å². The van der Waals surface area contributed by atoms with Gasteiger partial charge in [-0.15, -0.1) is 0 Å². The number of ether oxygens (including phenoxy) is 1. The number of amides is 1. The molecule has 1 heterocycles. The number of esters is 1. The van der Waals surface area contributed by atoms with Gasteiger partial charge in [0.1, 0.15) is 11.1 Å². The fraction of sp³-hybridized carbons (Fsp3) is 0.500. The van der Waals surface area contributed by atoms with E-state index in [2.05, 4.69) is 10.3 Å².